The lowest BCUT2D eigenvalue weighted by atomic mass is 10.1. The van der Waals surface area contributed by atoms with Gasteiger partial charge in [-0.15, -0.1) is 0 Å². The van der Waals surface area contributed by atoms with E-state index in [0.717, 1.165) is 16.9 Å². The third kappa shape index (κ3) is 2.86. The van der Waals surface area contributed by atoms with Crippen molar-refractivity contribution >= 4 is 11.9 Å². The van der Waals surface area contributed by atoms with Crippen LogP contribution in [-0.2, 0) is 22.7 Å². The summed E-state index contributed by atoms with van der Waals surface area (Å²) >= 11 is 0. The molecule has 1 N–H and O–H groups in total. The average Bonchev–Trinajstić information content (AvgIpc) is 2.81. The summed E-state index contributed by atoms with van der Waals surface area (Å²) < 4.78 is 5.15. The third-order valence-corrected chi connectivity index (χ3v) is 3.39. The van der Waals surface area contributed by atoms with Crippen LogP contribution in [0.4, 0.5) is 0 Å². The van der Waals surface area contributed by atoms with E-state index < -0.39 is 11.9 Å². The zero-order valence-electron chi connectivity index (χ0n) is 11.0. The fourth-order valence-corrected chi connectivity index (χ4v) is 2.15. The molecular formula is C14H17NO4. The number of carboxylic acids is 1. The fraction of sp³-hybridized carbons (Fsp3) is 0.429. The number of methoxy groups -OCH3 is 1. The number of benzene rings is 1. The first-order valence-electron chi connectivity index (χ1n) is 6.17. The first-order valence-corrected chi connectivity index (χ1v) is 6.17. The number of rotatable bonds is 4. The smallest absolute Gasteiger partial charge is 0.306 e. The van der Waals surface area contributed by atoms with Crippen molar-refractivity contribution < 1.29 is 19.4 Å². The molecule has 0 fully saturated rings. The number of amides is 1. The van der Waals surface area contributed by atoms with Gasteiger partial charge in [0.15, 0.2) is 0 Å². The zero-order valence-corrected chi connectivity index (χ0v) is 11.0. The fourth-order valence-electron chi connectivity index (χ4n) is 2.15. The number of hydrogen-bond donors (Lipinski definition) is 1. The number of carbonyl (C=O) groups is 2. The summed E-state index contributed by atoms with van der Waals surface area (Å²) in [5.74, 6) is -0.936. The number of carboxylic acid groups (broad SMARTS) is 1. The molecule has 1 atom stereocenters. The van der Waals surface area contributed by atoms with Crippen molar-refractivity contribution in [3.63, 3.8) is 0 Å². The van der Waals surface area contributed by atoms with Crippen molar-refractivity contribution in [2.24, 2.45) is 5.92 Å². The number of hydrogen-bond acceptors (Lipinski definition) is 3. The summed E-state index contributed by atoms with van der Waals surface area (Å²) in [6.07, 6.45) is 0.0421. The quantitative estimate of drug-likeness (QED) is 0.897. The van der Waals surface area contributed by atoms with Crippen molar-refractivity contribution in [3.05, 3.63) is 29.3 Å². The maximum atomic E-state index is 12.0. The lowest BCUT2D eigenvalue weighted by Crippen LogP contribution is -2.28. The number of ether oxygens (including phenoxy) is 1. The van der Waals surface area contributed by atoms with Gasteiger partial charge in [-0.25, -0.2) is 0 Å². The molecule has 1 unspecified atom stereocenters. The highest BCUT2D eigenvalue weighted by Crippen LogP contribution is 2.27. The Balaban J connectivity index is 2.03. The number of carbonyl (C=O) groups excluding carboxylic acids is 1. The van der Waals surface area contributed by atoms with Crippen LogP contribution < -0.4 is 4.74 Å². The molecule has 1 aliphatic heterocycles. The van der Waals surface area contributed by atoms with Gasteiger partial charge in [0.25, 0.3) is 0 Å². The summed E-state index contributed by atoms with van der Waals surface area (Å²) in [5.41, 5.74) is 2.16. The molecule has 1 heterocycles. The van der Waals surface area contributed by atoms with Gasteiger partial charge in [0.2, 0.25) is 5.91 Å². The number of nitrogens with zero attached hydrogens (tertiary/aromatic N) is 1. The molecule has 2 rings (SSSR count). The van der Waals surface area contributed by atoms with Gasteiger partial charge in [0.1, 0.15) is 5.75 Å². The van der Waals surface area contributed by atoms with Crippen LogP contribution in [0.1, 0.15) is 24.5 Å². The SMILES string of the molecule is COc1ccc2c(c1)CN(C(=O)CC(C)C(=O)O)C2. The predicted molar refractivity (Wildman–Crippen MR) is 68.7 cm³/mol. The van der Waals surface area contributed by atoms with Crippen LogP contribution in [0, 0.1) is 5.92 Å². The first kappa shape index (κ1) is 13.4. The molecule has 102 valence electrons. The Morgan fingerprint density at radius 2 is 2.05 bits per heavy atom. The van der Waals surface area contributed by atoms with E-state index in [2.05, 4.69) is 0 Å². The lowest BCUT2D eigenvalue weighted by molar-refractivity contribution is -0.145. The summed E-state index contributed by atoms with van der Waals surface area (Å²) in [7, 11) is 1.61. The van der Waals surface area contributed by atoms with Gasteiger partial charge in [-0.05, 0) is 23.3 Å². The minimum absolute atomic E-state index is 0.0421. The Hall–Kier alpha value is -2.04. The highest BCUT2D eigenvalue weighted by Gasteiger charge is 2.26. The van der Waals surface area contributed by atoms with Crippen LogP contribution in [0.2, 0.25) is 0 Å². The van der Waals surface area contributed by atoms with Crippen molar-refractivity contribution in [2.45, 2.75) is 26.4 Å². The maximum absolute atomic E-state index is 12.0. The van der Waals surface area contributed by atoms with Crippen LogP contribution in [0.3, 0.4) is 0 Å². The first-order chi connectivity index (χ1) is 9.01. The van der Waals surface area contributed by atoms with Gasteiger partial charge in [-0.3, -0.25) is 9.59 Å². The van der Waals surface area contributed by atoms with Crippen molar-refractivity contribution in [1.82, 2.24) is 4.90 Å². The molecule has 0 spiro atoms. The molecule has 1 amide bonds. The molecule has 1 aliphatic rings. The summed E-state index contributed by atoms with van der Waals surface area (Å²) in [6, 6.07) is 5.73. The second-order valence-corrected chi connectivity index (χ2v) is 4.83. The Morgan fingerprint density at radius 3 is 2.68 bits per heavy atom. The second kappa shape index (κ2) is 5.30. The Labute approximate surface area is 111 Å². The van der Waals surface area contributed by atoms with Crippen molar-refractivity contribution in [3.8, 4) is 5.75 Å². The zero-order chi connectivity index (χ0) is 14.0. The lowest BCUT2D eigenvalue weighted by Gasteiger charge is -2.16. The minimum Gasteiger partial charge on any atom is -0.497 e. The molecule has 5 heteroatoms. The van der Waals surface area contributed by atoms with E-state index in [1.54, 1.807) is 18.9 Å². The summed E-state index contributed by atoms with van der Waals surface area (Å²) in [6.45, 7) is 2.62. The van der Waals surface area contributed by atoms with Crippen LogP contribution in [-0.4, -0.2) is 29.0 Å². The Morgan fingerprint density at radius 1 is 1.37 bits per heavy atom. The number of fused-ring (bicyclic) bond motifs is 1. The van der Waals surface area contributed by atoms with Gasteiger partial charge in [0.05, 0.1) is 13.0 Å². The third-order valence-electron chi connectivity index (χ3n) is 3.39. The molecule has 1 aromatic carbocycles. The molecule has 0 radical (unpaired) electrons. The topological polar surface area (TPSA) is 66.8 Å². The van der Waals surface area contributed by atoms with Crippen LogP contribution in [0.5, 0.6) is 5.75 Å². The normalized spacial score (nSPS) is 14.9. The molecule has 19 heavy (non-hydrogen) atoms. The van der Waals surface area contributed by atoms with Crippen molar-refractivity contribution in [1.29, 1.82) is 0 Å². The van der Waals surface area contributed by atoms with E-state index in [1.165, 1.54) is 0 Å². The van der Waals surface area contributed by atoms with E-state index in [4.69, 9.17) is 9.84 Å². The van der Waals surface area contributed by atoms with Crippen LogP contribution in [0.15, 0.2) is 18.2 Å². The van der Waals surface area contributed by atoms with Gasteiger partial charge >= 0.3 is 5.97 Å². The van der Waals surface area contributed by atoms with Crippen LogP contribution >= 0.6 is 0 Å². The minimum atomic E-state index is -0.938. The van der Waals surface area contributed by atoms with Gasteiger partial charge in [-0.2, -0.15) is 0 Å². The van der Waals surface area contributed by atoms with E-state index >= 15 is 0 Å². The molecule has 0 bridgehead atoms. The largest absolute Gasteiger partial charge is 0.497 e. The summed E-state index contributed by atoms with van der Waals surface area (Å²) in [4.78, 5) is 24.5. The maximum Gasteiger partial charge on any atom is 0.306 e. The predicted octanol–water partition coefficient (Wildman–Crippen LogP) is 1.65. The van der Waals surface area contributed by atoms with Crippen LogP contribution in [0.25, 0.3) is 0 Å². The molecule has 0 saturated carbocycles. The Kier molecular flexibility index (Phi) is 3.74. The highest BCUT2D eigenvalue weighted by atomic mass is 16.5. The standard InChI is InChI=1S/C14H17NO4/c1-9(14(17)18)5-13(16)15-7-10-3-4-12(19-2)6-11(10)8-15/h3-4,6,9H,5,7-8H2,1-2H3,(H,17,18). The second-order valence-electron chi connectivity index (χ2n) is 4.83. The van der Waals surface area contributed by atoms with E-state index in [1.807, 2.05) is 18.2 Å². The average molecular weight is 263 g/mol. The monoisotopic (exact) mass is 263 g/mol. The molecule has 0 aromatic heterocycles. The Bertz CT molecular complexity index is 512. The van der Waals surface area contributed by atoms with E-state index in [-0.39, 0.29) is 12.3 Å². The number of aliphatic carboxylic acids is 1. The highest BCUT2D eigenvalue weighted by molar-refractivity contribution is 5.82. The molecule has 0 saturated heterocycles. The molecule has 1 aromatic rings. The molecule has 5 nitrogen and oxygen atoms in total. The summed E-state index contributed by atoms with van der Waals surface area (Å²) in [5, 5.41) is 8.83. The van der Waals surface area contributed by atoms with Gasteiger partial charge < -0.3 is 14.7 Å². The molecular weight excluding hydrogens is 246 g/mol. The van der Waals surface area contributed by atoms with Crippen molar-refractivity contribution in [2.75, 3.05) is 7.11 Å². The van der Waals surface area contributed by atoms with Gasteiger partial charge in [0, 0.05) is 19.5 Å². The van der Waals surface area contributed by atoms with Gasteiger partial charge in [-0.1, -0.05) is 13.0 Å². The molecule has 0 aliphatic carbocycles. The van der Waals surface area contributed by atoms with E-state index in [9.17, 15) is 9.59 Å². The van der Waals surface area contributed by atoms with E-state index in [0.29, 0.717) is 13.1 Å².